The molecule has 2 N–H and O–H groups in total. The fourth-order valence-corrected chi connectivity index (χ4v) is 2.63. The Hall–Kier alpha value is -1.52. The summed E-state index contributed by atoms with van der Waals surface area (Å²) in [4.78, 5) is 0.539. The molecule has 2 aromatic carbocycles. The molecule has 2 rings (SSSR count). The van der Waals surface area contributed by atoms with Crippen LogP contribution in [0.2, 0.25) is 0 Å². The third kappa shape index (κ3) is 4.26. The van der Waals surface area contributed by atoms with Gasteiger partial charge in [0.15, 0.2) is 0 Å². The van der Waals surface area contributed by atoms with Crippen LogP contribution < -0.4 is 0 Å². The van der Waals surface area contributed by atoms with Crippen LogP contribution >= 0.6 is 11.8 Å². The first-order chi connectivity index (χ1) is 9.15. The van der Waals surface area contributed by atoms with Crippen LogP contribution in [0.3, 0.4) is 0 Å². The number of thioether (sulfide) groups is 1. The van der Waals surface area contributed by atoms with Crippen LogP contribution in [-0.4, -0.2) is 22.1 Å². The first-order valence-electron chi connectivity index (χ1n) is 5.98. The van der Waals surface area contributed by atoms with Crippen LogP contribution in [0.5, 0.6) is 5.75 Å². The Balaban J connectivity index is 1.88. The second kappa shape index (κ2) is 6.59. The number of hydrogen-bond donors (Lipinski definition) is 2. The Morgan fingerprint density at radius 3 is 2.63 bits per heavy atom. The van der Waals surface area contributed by atoms with Gasteiger partial charge in [0.1, 0.15) is 11.6 Å². The molecule has 1 atom stereocenters. The van der Waals surface area contributed by atoms with Crippen LogP contribution in [0.25, 0.3) is 0 Å². The summed E-state index contributed by atoms with van der Waals surface area (Å²) in [7, 11) is 0. The average molecular weight is 278 g/mol. The summed E-state index contributed by atoms with van der Waals surface area (Å²) < 4.78 is 13.4. The quantitative estimate of drug-likeness (QED) is 0.825. The number of phenolic OH excluding ortho intramolecular Hbond substituents is 1. The Bertz CT molecular complexity index is 545. The molecule has 0 fully saturated rings. The van der Waals surface area contributed by atoms with Crippen molar-refractivity contribution in [2.75, 3.05) is 5.75 Å². The highest BCUT2D eigenvalue weighted by Gasteiger charge is 2.09. The first kappa shape index (κ1) is 13.9. The van der Waals surface area contributed by atoms with Crippen LogP contribution in [0.4, 0.5) is 4.39 Å². The van der Waals surface area contributed by atoms with Crippen molar-refractivity contribution in [1.82, 2.24) is 0 Å². The highest BCUT2D eigenvalue weighted by Crippen LogP contribution is 2.23. The molecule has 0 bridgehead atoms. The zero-order valence-corrected chi connectivity index (χ0v) is 11.1. The second-order valence-corrected chi connectivity index (χ2v) is 5.33. The maximum absolute atomic E-state index is 13.4. The molecule has 0 aliphatic rings. The van der Waals surface area contributed by atoms with Gasteiger partial charge < -0.3 is 10.2 Å². The van der Waals surface area contributed by atoms with Crippen molar-refractivity contribution in [3.63, 3.8) is 0 Å². The SMILES string of the molecule is Oc1cccc(CC(O)CSc2ccccc2F)c1. The van der Waals surface area contributed by atoms with Crippen molar-refractivity contribution in [3.8, 4) is 5.75 Å². The van der Waals surface area contributed by atoms with Crippen molar-refractivity contribution < 1.29 is 14.6 Å². The van der Waals surface area contributed by atoms with E-state index in [-0.39, 0.29) is 11.6 Å². The third-order valence-corrected chi connectivity index (χ3v) is 3.84. The van der Waals surface area contributed by atoms with Gasteiger partial charge >= 0.3 is 0 Å². The molecule has 2 aromatic rings. The Morgan fingerprint density at radius 2 is 1.89 bits per heavy atom. The van der Waals surface area contributed by atoms with Gasteiger partial charge in [-0.05, 0) is 36.2 Å². The van der Waals surface area contributed by atoms with Crippen LogP contribution in [0.1, 0.15) is 5.56 Å². The van der Waals surface area contributed by atoms with Crippen molar-refractivity contribution in [2.45, 2.75) is 17.4 Å². The van der Waals surface area contributed by atoms with Gasteiger partial charge in [-0.15, -0.1) is 11.8 Å². The Labute approximate surface area is 115 Å². The third-order valence-electron chi connectivity index (χ3n) is 2.65. The van der Waals surface area contributed by atoms with E-state index in [9.17, 15) is 14.6 Å². The molecular formula is C15H15FO2S. The highest BCUT2D eigenvalue weighted by atomic mass is 32.2. The molecule has 0 saturated carbocycles. The molecule has 0 aromatic heterocycles. The number of hydrogen-bond acceptors (Lipinski definition) is 3. The van der Waals surface area contributed by atoms with E-state index in [4.69, 9.17) is 0 Å². The molecule has 0 spiro atoms. The molecule has 0 aliphatic heterocycles. The maximum Gasteiger partial charge on any atom is 0.136 e. The van der Waals surface area contributed by atoms with Crippen LogP contribution in [0, 0.1) is 5.82 Å². The summed E-state index contributed by atoms with van der Waals surface area (Å²) in [6.45, 7) is 0. The van der Waals surface area contributed by atoms with E-state index in [0.29, 0.717) is 17.1 Å². The molecule has 100 valence electrons. The molecule has 2 nitrogen and oxygen atoms in total. The van der Waals surface area contributed by atoms with Gasteiger partial charge in [0, 0.05) is 10.6 Å². The van der Waals surface area contributed by atoms with Crippen LogP contribution in [-0.2, 0) is 6.42 Å². The topological polar surface area (TPSA) is 40.5 Å². The Kier molecular flexibility index (Phi) is 4.82. The summed E-state index contributed by atoms with van der Waals surface area (Å²) >= 11 is 1.29. The van der Waals surface area contributed by atoms with Gasteiger partial charge in [0.05, 0.1) is 6.10 Å². The maximum atomic E-state index is 13.4. The fourth-order valence-electron chi connectivity index (χ4n) is 1.76. The number of phenols is 1. The van der Waals surface area contributed by atoms with Gasteiger partial charge in [-0.1, -0.05) is 24.3 Å². The van der Waals surface area contributed by atoms with Crippen LogP contribution in [0.15, 0.2) is 53.4 Å². The smallest absolute Gasteiger partial charge is 0.136 e. The first-order valence-corrected chi connectivity index (χ1v) is 6.97. The lowest BCUT2D eigenvalue weighted by molar-refractivity contribution is 0.200. The predicted molar refractivity (Wildman–Crippen MR) is 74.9 cm³/mol. The monoisotopic (exact) mass is 278 g/mol. The molecule has 4 heteroatoms. The van der Waals surface area contributed by atoms with Crippen molar-refractivity contribution in [1.29, 1.82) is 0 Å². The van der Waals surface area contributed by atoms with E-state index in [1.54, 1.807) is 36.4 Å². The van der Waals surface area contributed by atoms with E-state index < -0.39 is 6.10 Å². The Morgan fingerprint density at radius 1 is 1.11 bits per heavy atom. The largest absolute Gasteiger partial charge is 0.508 e. The minimum atomic E-state index is -0.577. The van der Waals surface area contributed by atoms with E-state index in [2.05, 4.69) is 0 Å². The molecule has 0 amide bonds. The fraction of sp³-hybridized carbons (Fsp3) is 0.200. The highest BCUT2D eigenvalue weighted by molar-refractivity contribution is 7.99. The molecular weight excluding hydrogens is 263 g/mol. The normalized spacial score (nSPS) is 12.3. The number of rotatable bonds is 5. The van der Waals surface area contributed by atoms with E-state index >= 15 is 0 Å². The van der Waals surface area contributed by atoms with Crippen molar-refractivity contribution >= 4 is 11.8 Å². The molecule has 0 heterocycles. The summed E-state index contributed by atoms with van der Waals surface area (Å²) in [5, 5.41) is 19.3. The molecule has 19 heavy (non-hydrogen) atoms. The van der Waals surface area contributed by atoms with E-state index in [1.165, 1.54) is 17.8 Å². The minimum Gasteiger partial charge on any atom is -0.508 e. The number of halogens is 1. The molecule has 0 saturated heterocycles. The summed E-state index contributed by atoms with van der Waals surface area (Å²) in [6, 6.07) is 13.3. The van der Waals surface area contributed by atoms with E-state index in [0.717, 1.165) is 5.56 Å². The summed E-state index contributed by atoms with van der Waals surface area (Å²) in [5.74, 6) is 0.333. The zero-order chi connectivity index (χ0) is 13.7. The second-order valence-electron chi connectivity index (χ2n) is 4.27. The molecule has 1 unspecified atom stereocenters. The number of aromatic hydroxyl groups is 1. The predicted octanol–water partition coefficient (Wildman–Crippen LogP) is 3.23. The standard InChI is InChI=1S/C15H15FO2S/c16-14-6-1-2-7-15(14)19-10-13(18)9-11-4-3-5-12(17)8-11/h1-8,13,17-18H,9-10H2. The lowest BCUT2D eigenvalue weighted by Crippen LogP contribution is -2.13. The molecule has 0 radical (unpaired) electrons. The van der Waals surface area contributed by atoms with Gasteiger partial charge in [0.2, 0.25) is 0 Å². The number of benzene rings is 2. The van der Waals surface area contributed by atoms with Gasteiger partial charge in [0.25, 0.3) is 0 Å². The summed E-state index contributed by atoms with van der Waals surface area (Å²) in [6.07, 6.45) is -0.137. The van der Waals surface area contributed by atoms with E-state index in [1.807, 2.05) is 6.07 Å². The van der Waals surface area contributed by atoms with Gasteiger partial charge in [-0.25, -0.2) is 4.39 Å². The number of aliphatic hydroxyl groups is 1. The van der Waals surface area contributed by atoms with Gasteiger partial charge in [-0.2, -0.15) is 0 Å². The zero-order valence-electron chi connectivity index (χ0n) is 10.3. The summed E-state index contributed by atoms with van der Waals surface area (Å²) in [5.41, 5.74) is 0.863. The lowest BCUT2D eigenvalue weighted by Gasteiger charge is -2.11. The minimum absolute atomic E-state index is 0.187. The average Bonchev–Trinajstić information content (AvgIpc) is 2.38. The number of aliphatic hydroxyl groups excluding tert-OH is 1. The molecule has 0 aliphatic carbocycles. The lowest BCUT2D eigenvalue weighted by atomic mass is 10.1. The van der Waals surface area contributed by atoms with Crippen molar-refractivity contribution in [2.24, 2.45) is 0 Å². The van der Waals surface area contributed by atoms with Gasteiger partial charge in [-0.3, -0.25) is 0 Å². The van der Waals surface area contributed by atoms with Crippen molar-refractivity contribution in [3.05, 3.63) is 59.9 Å².